The van der Waals surface area contributed by atoms with Gasteiger partial charge < -0.3 is 20.7 Å². The lowest BCUT2D eigenvalue weighted by molar-refractivity contribution is -0.0367. The molecule has 0 spiro atoms. The minimum Gasteiger partial charge on any atom is -0.376 e. The van der Waals surface area contributed by atoms with Gasteiger partial charge in [0.1, 0.15) is 5.82 Å². The molecule has 2 aromatic carbocycles. The number of fused-ring (bicyclic) bond motifs is 2. The maximum atomic E-state index is 12.7. The first-order valence-corrected chi connectivity index (χ1v) is 11.4. The fourth-order valence-corrected chi connectivity index (χ4v) is 5.18. The molecular weight excluding hydrogens is 398 g/mol. The standard InChI is InChI=1S/C22H25N5O2S/c1-15-6-7-18-17(10-15)20(26-22(12-23)13-29-14-22)25-21(24-18)27-8-9-30(28)19-5-3-2-4-16(19)11-27/h2-7,10H,8-9,11-14,23H2,1H3,(H,24,25,26). The number of nitrogens with two attached hydrogens (primary N) is 1. The van der Waals surface area contributed by atoms with E-state index in [1.165, 1.54) is 0 Å². The number of hydrogen-bond acceptors (Lipinski definition) is 7. The molecule has 5 rings (SSSR count). The molecule has 0 amide bonds. The molecule has 156 valence electrons. The second-order valence-electron chi connectivity index (χ2n) is 8.07. The molecule has 1 saturated heterocycles. The first-order valence-electron chi connectivity index (χ1n) is 10.1. The van der Waals surface area contributed by atoms with Crippen molar-refractivity contribution in [2.45, 2.75) is 23.9 Å². The summed E-state index contributed by atoms with van der Waals surface area (Å²) in [5.74, 6) is 1.96. The zero-order valence-electron chi connectivity index (χ0n) is 16.9. The normalized spacial score (nSPS) is 20.3. The van der Waals surface area contributed by atoms with E-state index >= 15 is 0 Å². The summed E-state index contributed by atoms with van der Waals surface area (Å²) in [6.07, 6.45) is 0. The summed E-state index contributed by atoms with van der Waals surface area (Å²) < 4.78 is 18.1. The fourth-order valence-electron chi connectivity index (χ4n) is 3.92. The molecule has 3 N–H and O–H groups in total. The van der Waals surface area contributed by atoms with E-state index in [-0.39, 0.29) is 5.54 Å². The highest BCUT2D eigenvalue weighted by Gasteiger charge is 2.38. The zero-order chi connectivity index (χ0) is 20.7. The smallest absolute Gasteiger partial charge is 0.228 e. The topological polar surface area (TPSA) is 93.4 Å². The van der Waals surface area contributed by atoms with E-state index in [2.05, 4.69) is 29.3 Å². The predicted octanol–water partition coefficient (Wildman–Crippen LogP) is 2.21. The van der Waals surface area contributed by atoms with Crippen molar-refractivity contribution >= 4 is 33.5 Å². The summed E-state index contributed by atoms with van der Waals surface area (Å²) in [7, 11) is -1.02. The highest BCUT2D eigenvalue weighted by atomic mass is 32.2. The van der Waals surface area contributed by atoms with E-state index in [4.69, 9.17) is 20.4 Å². The number of hydrogen-bond donors (Lipinski definition) is 2. The van der Waals surface area contributed by atoms with Crippen LogP contribution in [0.5, 0.6) is 0 Å². The van der Waals surface area contributed by atoms with Crippen LogP contribution in [0.1, 0.15) is 11.1 Å². The molecule has 1 unspecified atom stereocenters. The molecule has 30 heavy (non-hydrogen) atoms. The van der Waals surface area contributed by atoms with Crippen molar-refractivity contribution < 1.29 is 8.95 Å². The summed E-state index contributed by atoms with van der Waals surface area (Å²) in [4.78, 5) is 12.8. The van der Waals surface area contributed by atoms with E-state index in [0.717, 1.165) is 32.7 Å². The van der Waals surface area contributed by atoms with E-state index in [1.54, 1.807) is 0 Å². The van der Waals surface area contributed by atoms with Gasteiger partial charge in [0.15, 0.2) is 0 Å². The van der Waals surface area contributed by atoms with Gasteiger partial charge in [0.05, 0.1) is 35.1 Å². The Hall–Kier alpha value is -2.55. The quantitative estimate of drug-likeness (QED) is 0.664. The van der Waals surface area contributed by atoms with Crippen LogP contribution in [0.2, 0.25) is 0 Å². The summed E-state index contributed by atoms with van der Waals surface area (Å²) in [6.45, 7) is 4.91. The van der Waals surface area contributed by atoms with Gasteiger partial charge in [0.25, 0.3) is 0 Å². The number of nitrogens with one attached hydrogen (secondary N) is 1. The number of nitrogens with zero attached hydrogens (tertiary/aromatic N) is 3. The Kier molecular flexibility index (Phi) is 4.92. The van der Waals surface area contributed by atoms with Crippen LogP contribution < -0.4 is 16.0 Å². The van der Waals surface area contributed by atoms with Gasteiger partial charge >= 0.3 is 0 Å². The number of anilines is 2. The molecule has 0 saturated carbocycles. The van der Waals surface area contributed by atoms with Crippen LogP contribution in [0.25, 0.3) is 10.9 Å². The summed E-state index contributed by atoms with van der Waals surface area (Å²) in [5, 5.41) is 4.52. The van der Waals surface area contributed by atoms with Crippen LogP contribution in [-0.4, -0.2) is 51.8 Å². The molecule has 3 heterocycles. The minimum atomic E-state index is -1.02. The number of aryl methyl sites for hydroxylation is 1. The number of rotatable bonds is 4. The summed E-state index contributed by atoms with van der Waals surface area (Å²) >= 11 is 0. The highest BCUT2D eigenvalue weighted by molar-refractivity contribution is 7.85. The Balaban J connectivity index is 1.58. The van der Waals surface area contributed by atoms with Crippen LogP contribution in [0, 0.1) is 6.92 Å². The Morgan fingerprint density at radius 2 is 2.07 bits per heavy atom. The van der Waals surface area contributed by atoms with Crippen LogP contribution in [-0.2, 0) is 22.1 Å². The van der Waals surface area contributed by atoms with E-state index in [0.29, 0.717) is 44.5 Å². The van der Waals surface area contributed by atoms with Crippen molar-refractivity contribution in [3.05, 3.63) is 53.6 Å². The predicted molar refractivity (Wildman–Crippen MR) is 119 cm³/mol. The van der Waals surface area contributed by atoms with Gasteiger partial charge in [0.2, 0.25) is 5.95 Å². The largest absolute Gasteiger partial charge is 0.376 e. The van der Waals surface area contributed by atoms with Gasteiger partial charge in [-0.05, 0) is 30.7 Å². The summed E-state index contributed by atoms with van der Waals surface area (Å²) in [6, 6.07) is 14.1. The van der Waals surface area contributed by atoms with Gasteiger partial charge in [-0.3, -0.25) is 4.21 Å². The van der Waals surface area contributed by atoms with Crippen LogP contribution in [0.4, 0.5) is 11.8 Å². The van der Waals surface area contributed by atoms with Gasteiger partial charge in [-0.15, -0.1) is 0 Å². The maximum absolute atomic E-state index is 12.7. The molecule has 2 aliphatic heterocycles. The second kappa shape index (κ2) is 7.61. The van der Waals surface area contributed by atoms with E-state index < -0.39 is 10.8 Å². The van der Waals surface area contributed by atoms with Gasteiger partial charge in [0, 0.05) is 35.7 Å². The molecule has 0 bridgehead atoms. The van der Waals surface area contributed by atoms with Crippen molar-refractivity contribution in [2.75, 3.05) is 42.3 Å². The van der Waals surface area contributed by atoms with Gasteiger partial charge in [-0.1, -0.05) is 29.8 Å². The van der Waals surface area contributed by atoms with Gasteiger partial charge in [-0.2, -0.15) is 4.98 Å². The fraction of sp³-hybridized carbons (Fsp3) is 0.364. The van der Waals surface area contributed by atoms with Crippen molar-refractivity contribution in [3.63, 3.8) is 0 Å². The molecule has 0 aliphatic carbocycles. The van der Waals surface area contributed by atoms with Gasteiger partial charge in [-0.25, -0.2) is 4.98 Å². The third-order valence-electron chi connectivity index (χ3n) is 5.78. The SMILES string of the molecule is Cc1ccc2nc(N3CCS(=O)c4ccccc4C3)nc(NC3(CN)COC3)c2c1. The van der Waals surface area contributed by atoms with Crippen LogP contribution in [0.15, 0.2) is 47.4 Å². The molecule has 0 radical (unpaired) electrons. The summed E-state index contributed by atoms with van der Waals surface area (Å²) in [5.41, 5.74) is 8.81. The molecule has 1 fully saturated rings. The molecule has 2 aliphatic rings. The minimum absolute atomic E-state index is 0.296. The molecule has 1 aromatic heterocycles. The van der Waals surface area contributed by atoms with Crippen molar-refractivity contribution in [1.29, 1.82) is 0 Å². The van der Waals surface area contributed by atoms with Crippen LogP contribution in [0.3, 0.4) is 0 Å². The molecule has 7 nitrogen and oxygen atoms in total. The van der Waals surface area contributed by atoms with E-state index in [9.17, 15) is 4.21 Å². The molecular formula is C22H25N5O2S. The zero-order valence-corrected chi connectivity index (χ0v) is 17.7. The number of aromatic nitrogens is 2. The van der Waals surface area contributed by atoms with Crippen molar-refractivity contribution in [1.82, 2.24) is 9.97 Å². The average molecular weight is 424 g/mol. The molecule has 3 aromatic rings. The number of benzene rings is 2. The number of ether oxygens (including phenoxy) is 1. The molecule has 8 heteroatoms. The lowest BCUT2D eigenvalue weighted by atomic mass is 9.97. The Bertz CT molecular complexity index is 1130. The second-order valence-corrected chi connectivity index (χ2v) is 9.61. The first-order chi connectivity index (χ1) is 14.6. The Morgan fingerprint density at radius 3 is 2.83 bits per heavy atom. The average Bonchev–Trinajstić information content (AvgIpc) is 2.90. The lowest BCUT2D eigenvalue weighted by Crippen LogP contribution is -2.60. The van der Waals surface area contributed by atoms with Crippen LogP contribution >= 0.6 is 0 Å². The molecule has 1 atom stereocenters. The Labute approximate surface area is 178 Å². The lowest BCUT2D eigenvalue weighted by Gasteiger charge is -2.41. The monoisotopic (exact) mass is 423 g/mol. The first kappa shape index (κ1) is 19.4. The Morgan fingerprint density at radius 1 is 1.23 bits per heavy atom. The maximum Gasteiger partial charge on any atom is 0.228 e. The third kappa shape index (κ3) is 3.45. The highest BCUT2D eigenvalue weighted by Crippen LogP contribution is 2.31. The van der Waals surface area contributed by atoms with Crippen molar-refractivity contribution in [3.8, 4) is 0 Å². The van der Waals surface area contributed by atoms with E-state index in [1.807, 2.05) is 30.3 Å². The van der Waals surface area contributed by atoms with Crippen molar-refractivity contribution in [2.24, 2.45) is 5.73 Å². The third-order valence-corrected chi connectivity index (χ3v) is 7.22.